The molecule has 0 spiro atoms. The van der Waals surface area contributed by atoms with Crippen molar-refractivity contribution in [2.24, 2.45) is 11.1 Å². The van der Waals surface area contributed by atoms with Gasteiger partial charge in [-0.15, -0.1) is 0 Å². The van der Waals surface area contributed by atoms with Crippen LogP contribution in [0.2, 0.25) is 0 Å². The third kappa shape index (κ3) is 2.64. The number of hydrogen-bond acceptors (Lipinski definition) is 2. The number of carbonyl (C=O) groups is 1. The van der Waals surface area contributed by atoms with E-state index in [0.717, 1.165) is 37.8 Å². The maximum Gasteiger partial charge on any atom is 0.230 e. The van der Waals surface area contributed by atoms with Gasteiger partial charge in [-0.2, -0.15) is 0 Å². The molecule has 1 fully saturated rings. The van der Waals surface area contributed by atoms with Crippen molar-refractivity contribution in [2.45, 2.75) is 39.5 Å². The Labute approximate surface area is 98.7 Å². The van der Waals surface area contributed by atoms with Gasteiger partial charge in [0.25, 0.3) is 0 Å². The Kier molecular flexibility index (Phi) is 4.54. The minimum absolute atomic E-state index is 0.234. The highest BCUT2D eigenvalue weighted by Crippen LogP contribution is 2.38. The van der Waals surface area contributed by atoms with Crippen LogP contribution in [-0.2, 0) is 4.79 Å². The van der Waals surface area contributed by atoms with Crippen molar-refractivity contribution >= 4 is 5.91 Å². The third-order valence-electron chi connectivity index (χ3n) is 3.53. The number of likely N-dealkylation sites (N-methyl/N-ethyl adjacent to an activating group) is 1. The molecule has 2 N–H and O–H groups in total. The topological polar surface area (TPSA) is 46.3 Å². The molecule has 92 valence electrons. The van der Waals surface area contributed by atoms with Gasteiger partial charge >= 0.3 is 0 Å². The Hall–Kier alpha value is -0.830. The maximum atomic E-state index is 12.5. The zero-order valence-electron chi connectivity index (χ0n) is 10.6. The molecule has 1 aliphatic rings. The number of amides is 1. The molecule has 0 aromatic rings. The van der Waals surface area contributed by atoms with Crippen molar-refractivity contribution in [3.8, 4) is 0 Å². The Morgan fingerprint density at radius 3 is 2.38 bits per heavy atom. The molecule has 3 nitrogen and oxygen atoms in total. The van der Waals surface area contributed by atoms with E-state index in [2.05, 4.69) is 6.58 Å². The van der Waals surface area contributed by atoms with Crippen molar-refractivity contribution < 1.29 is 4.79 Å². The Bertz CT molecular complexity index is 267. The van der Waals surface area contributed by atoms with Crippen molar-refractivity contribution in [1.29, 1.82) is 0 Å². The first kappa shape index (κ1) is 13.2. The molecule has 0 aliphatic heterocycles. The van der Waals surface area contributed by atoms with Crippen molar-refractivity contribution in [1.82, 2.24) is 4.90 Å². The van der Waals surface area contributed by atoms with Gasteiger partial charge in [-0.3, -0.25) is 4.79 Å². The van der Waals surface area contributed by atoms with Gasteiger partial charge in [0, 0.05) is 19.6 Å². The molecule has 0 heterocycles. The fraction of sp³-hybridized carbons (Fsp3) is 0.769. The van der Waals surface area contributed by atoms with Gasteiger partial charge in [-0.25, -0.2) is 0 Å². The summed E-state index contributed by atoms with van der Waals surface area (Å²) < 4.78 is 0. The van der Waals surface area contributed by atoms with E-state index in [4.69, 9.17) is 5.73 Å². The molecular weight excluding hydrogens is 200 g/mol. The summed E-state index contributed by atoms with van der Waals surface area (Å²) in [4.78, 5) is 14.4. The lowest BCUT2D eigenvalue weighted by atomic mass is 9.84. The average Bonchev–Trinajstić information content (AvgIpc) is 2.74. The zero-order chi connectivity index (χ0) is 12.2. The summed E-state index contributed by atoms with van der Waals surface area (Å²) >= 11 is 0. The SMILES string of the molecule is C=C(C)CN(CC)C(=O)C1(CN)CCCC1. The maximum absolute atomic E-state index is 12.5. The van der Waals surface area contributed by atoms with E-state index in [1.165, 1.54) is 0 Å². The monoisotopic (exact) mass is 224 g/mol. The van der Waals surface area contributed by atoms with Gasteiger partial charge in [-0.1, -0.05) is 25.0 Å². The first-order chi connectivity index (χ1) is 7.55. The number of nitrogens with two attached hydrogens (primary N) is 1. The third-order valence-corrected chi connectivity index (χ3v) is 3.53. The smallest absolute Gasteiger partial charge is 0.230 e. The molecule has 0 aromatic heterocycles. The van der Waals surface area contributed by atoms with Crippen LogP contribution in [0.1, 0.15) is 39.5 Å². The molecule has 0 bridgehead atoms. The molecule has 1 rings (SSSR count). The van der Waals surface area contributed by atoms with Gasteiger partial charge in [0.15, 0.2) is 0 Å². The quantitative estimate of drug-likeness (QED) is 0.725. The lowest BCUT2D eigenvalue weighted by Gasteiger charge is -2.33. The molecule has 3 heteroatoms. The molecule has 0 aromatic carbocycles. The highest BCUT2D eigenvalue weighted by Gasteiger charge is 2.41. The van der Waals surface area contributed by atoms with Gasteiger partial charge in [0.05, 0.1) is 5.41 Å². The van der Waals surface area contributed by atoms with Crippen LogP contribution in [0, 0.1) is 5.41 Å². The lowest BCUT2D eigenvalue weighted by Crippen LogP contribution is -2.47. The highest BCUT2D eigenvalue weighted by molar-refractivity contribution is 5.83. The second-order valence-electron chi connectivity index (χ2n) is 4.97. The summed E-state index contributed by atoms with van der Waals surface area (Å²) in [7, 11) is 0. The predicted octanol–water partition coefficient (Wildman–Crippen LogP) is 1.93. The van der Waals surface area contributed by atoms with Crippen molar-refractivity contribution in [3.63, 3.8) is 0 Å². The van der Waals surface area contributed by atoms with Crippen molar-refractivity contribution in [2.75, 3.05) is 19.6 Å². The number of hydrogen-bond donors (Lipinski definition) is 1. The molecular formula is C13H24N2O. The second kappa shape index (κ2) is 5.48. The van der Waals surface area contributed by atoms with Crippen LogP contribution in [-0.4, -0.2) is 30.4 Å². The van der Waals surface area contributed by atoms with Crippen LogP contribution >= 0.6 is 0 Å². The van der Waals surface area contributed by atoms with E-state index < -0.39 is 0 Å². The van der Waals surface area contributed by atoms with E-state index in [1.54, 1.807) is 0 Å². The summed E-state index contributed by atoms with van der Waals surface area (Å²) in [5.74, 6) is 0.234. The van der Waals surface area contributed by atoms with Crippen LogP contribution in [0.25, 0.3) is 0 Å². The molecule has 0 saturated heterocycles. The minimum atomic E-state index is -0.272. The van der Waals surface area contributed by atoms with Crippen LogP contribution in [0.4, 0.5) is 0 Å². The van der Waals surface area contributed by atoms with Crippen molar-refractivity contribution in [3.05, 3.63) is 12.2 Å². The normalized spacial score (nSPS) is 18.4. The Balaban J connectivity index is 2.76. The van der Waals surface area contributed by atoms with Gasteiger partial charge < -0.3 is 10.6 Å². The van der Waals surface area contributed by atoms with Crippen LogP contribution < -0.4 is 5.73 Å². The van der Waals surface area contributed by atoms with E-state index in [0.29, 0.717) is 13.1 Å². The van der Waals surface area contributed by atoms with E-state index in [1.807, 2.05) is 18.7 Å². The van der Waals surface area contributed by atoms with Gasteiger partial charge in [0.2, 0.25) is 5.91 Å². The summed E-state index contributed by atoms with van der Waals surface area (Å²) in [6.45, 7) is 9.74. The zero-order valence-corrected chi connectivity index (χ0v) is 10.6. The summed E-state index contributed by atoms with van der Waals surface area (Å²) in [6.07, 6.45) is 4.17. The summed E-state index contributed by atoms with van der Waals surface area (Å²) in [5, 5.41) is 0. The lowest BCUT2D eigenvalue weighted by molar-refractivity contribution is -0.140. The van der Waals surface area contributed by atoms with Crippen LogP contribution in [0.15, 0.2) is 12.2 Å². The average molecular weight is 224 g/mol. The minimum Gasteiger partial charge on any atom is -0.338 e. The standard InChI is InChI=1S/C13H24N2O/c1-4-15(9-11(2)3)12(16)13(10-14)7-5-6-8-13/h2,4-10,14H2,1,3H3. The fourth-order valence-corrected chi connectivity index (χ4v) is 2.55. The summed E-state index contributed by atoms with van der Waals surface area (Å²) in [6, 6.07) is 0. The van der Waals surface area contributed by atoms with E-state index >= 15 is 0 Å². The highest BCUT2D eigenvalue weighted by atomic mass is 16.2. The fourth-order valence-electron chi connectivity index (χ4n) is 2.55. The molecule has 0 radical (unpaired) electrons. The first-order valence-electron chi connectivity index (χ1n) is 6.19. The number of carbonyl (C=O) groups excluding carboxylic acids is 1. The number of nitrogens with zero attached hydrogens (tertiary/aromatic N) is 1. The molecule has 1 amide bonds. The molecule has 16 heavy (non-hydrogen) atoms. The number of rotatable bonds is 5. The molecule has 1 saturated carbocycles. The van der Waals surface area contributed by atoms with Crippen LogP contribution in [0.5, 0.6) is 0 Å². The largest absolute Gasteiger partial charge is 0.338 e. The molecule has 0 atom stereocenters. The Morgan fingerprint density at radius 2 is 2.00 bits per heavy atom. The molecule has 0 unspecified atom stereocenters. The summed E-state index contributed by atoms with van der Waals surface area (Å²) in [5.41, 5.74) is 6.58. The Morgan fingerprint density at radius 1 is 1.44 bits per heavy atom. The van der Waals surface area contributed by atoms with Gasteiger partial charge in [-0.05, 0) is 26.7 Å². The predicted molar refractivity (Wildman–Crippen MR) is 67.0 cm³/mol. The first-order valence-corrected chi connectivity index (χ1v) is 6.19. The second-order valence-corrected chi connectivity index (χ2v) is 4.97. The van der Waals surface area contributed by atoms with Crippen LogP contribution in [0.3, 0.4) is 0 Å². The van der Waals surface area contributed by atoms with Gasteiger partial charge in [0.1, 0.15) is 0 Å². The van der Waals surface area contributed by atoms with E-state index in [-0.39, 0.29) is 11.3 Å². The molecule has 1 aliphatic carbocycles. The van der Waals surface area contributed by atoms with E-state index in [9.17, 15) is 4.79 Å².